The number of hydrogen-bond acceptors (Lipinski definition) is 9. The summed E-state index contributed by atoms with van der Waals surface area (Å²) in [5.74, 6) is 0.157. The highest BCUT2D eigenvalue weighted by Gasteiger charge is 2.36. The molecule has 0 spiro atoms. The molecule has 0 saturated carbocycles. The summed E-state index contributed by atoms with van der Waals surface area (Å²) in [6.07, 6.45) is 7.08. The quantitative estimate of drug-likeness (QED) is 0.234. The maximum absolute atomic E-state index is 12.9. The van der Waals surface area contributed by atoms with Crippen LogP contribution in [0.3, 0.4) is 0 Å². The van der Waals surface area contributed by atoms with Gasteiger partial charge >= 0.3 is 0 Å². The molecule has 0 aromatic heterocycles. The van der Waals surface area contributed by atoms with Crippen molar-refractivity contribution in [1.29, 1.82) is 0 Å². The van der Waals surface area contributed by atoms with Gasteiger partial charge in [0.1, 0.15) is 0 Å². The van der Waals surface area contributed by atoms with E-state index in [4.69, 9.17) is 11.6 Å². The lowest BCUT2D eigenvalue weighted by atomic mass is 9.93. The average molecular weight is 470 g/mol. The number of hydrogen-bond donors (Lipinski definition) is 7. The summed E-state index contributed by atoms with van der Waals surface area (Å²) in [6.45, 7) is 5.51. The van der Waals surface area contributed by atoms with E-state index in [2.05, 4.69) is 61.3 Å². The molecule has 4 heterocycles. The standard InChI is InChI=1S/C21H40ClN9O/c1-13(19-15(22)4-3-7-25-19)28-21(32)14-5-9-24-17(10-14)26-11-18-29-30-20(31(18)2)16-6-8-23-12-27-16/h12-20,24-26,29-30H,3-11H2,1-2H3,(H,23,27)(H,28,32)/t13-,14?,15?,16?,17?,18?,19?,20?/m1/s1. The highest BCUT2D eigenvalue weighted by atomic mass is 35.5. The summed E-state index contributed by atoms with van der Waals surface area (Å²) in [4.78, 5) is 19.5. The molecule has 8 atom stereocenters. The van der Waals surface area contributed by atoms with E-state index in [1.807, 2.05) is 6.34 Å². The number of nitrogens with one attached hydrogen (secondary N) is 7. The van der Waals surface area contributed by atoms with E-state index in [-0.39, 0.29) is 47.8 Å². The molecule has 11 heteroatoms. The number of halogens is 1. The number of aliphatic imine (C=N–C) groups is 1. The zero-order valence-corrected chi connectivity index (χ0v) is 20.0. The summed E-state index contributed by atoms with van der Waals surface area (Å²) < 4.78 is 0. The Morgan fingerprint density at radius 3 is 2.91 bits per heavy atom. The van der Waals surface area contributed by atoms with Gasteiger partial charge in [-0.2, -0.15) is 0 Å². The summed E-state index contributed by atoms with van der Waals surface area (Å²) in [5.41, 5.74) is 6.80. The van der Waals surface area contributed by atoms with Gasteiger partial charge in [-0.05, 0) is 59.2 Å². The van der Waals surface area contributed by atoms with Crippen molar-refractivity contribution in [3.63, 3.8) is 0 Å². The molecule has 4 aliphatic rings. The van der Waals surface area contributed by atoms with Crippen LogP contribution in [0.25, 0.3) is 0 Å². The van der Waals surface area contributed by atoms with Crippen LogP contribution in [0.15, 0.2) is 4.99 Å². The fourth-order valence-corrected chi connectivity index (χ4v) is 5.74. The van der Waals surface area contributed by atoms with Gasteiger partial charge in [0.05, 0.1) is 36.3 Å². The van der Waals surface area contributed by atoms with E-state index < -0.39 is 0 Å². The molecule has 0 radical (unpaired) electrons. The molecule has 4 aliphatic heterocycles. The highest BCUT2D eigenvalue weighted by Crippen LogP contribution is 2.20. The van der Waals surface area contributed by atoms with E-state index in [9.17, 15) is 4.79 Å². The molecule has 0 bridgehead atoms. The molecular weight excluding hydrogens is 430 g/mol. The first-order valence-electron chi connectivity index (χ1n) is 12.1. The number of amides is 1. The van der Waals surface area contributed by atoms with Crippen molar-refractivity contribution >= 4 is 23.8 Å². The molecule has 3 saturated heterocycles. The van der Waals surface area contributed by atoms with Crippen LogP contribution in [0.2, 0.25) is 0 Å². The van der Waals surface area contributed by atoms with Crippen LogP contribution in [0.1, 0.15) is 39.0 Å². The van der Waals surface area contributed by atoms with Crippen molar-refractivity contribution in [3.05, 3.63) is 0 Å². The number of piperidine rings is 2. The fourth-order valence-electron chi connectivity index (χ4n) is 5.28. The van der Waals surface area contributed by atoms with Crippen LogP contribution in [0.4, 0.5) is 0 Å². The largest absolute Gasteiger partial charge is 0.371 e. The lowest BCUT2D eigenvalue weighted by Gasteiger charge is -2.36. The Labute approximate surface area is 196 Å². The monoisotopic (exact) mass is 469 g/mol. The SMILES string of the molecule is C[C@@H](NC(=O)C1CCNC(NCC2NNC(C3CCN=CN3)N2C)C1)C1NCCCC1Cl. The Balaban J connectivity index is 1.21. The average Bonchev–Trinajstić information content (AvgIpc) is 3.19. The van der Waals surface area contributed by atoms with E-state index in [1.165, 1.54) is 0 Å². The van der Waals surface area contributed by atoms with Crippen LogP contribution < -0.4 is 37.4 Å². The lowest BCUT2D eigenvalue weighted by molar-refractivity contribution is -0.127. The van der Waals surface area contributed by atoms with Crippen LogP contribution in [0, 0.1) is 5.92 Å². The van der Waals surface area contributed by atoms with Gasteiger partial charge in [-0.1, -0.05) is 0 Å². The van der Waals surface area contributed by atoms with Gasteiger partial charge in [-0.15, -0.1) is 11.6 Å². The Bertz CT molecular complexity index is 653. The number of alkyl halides is 1. The Hall–Kier alpha value is -1.01. The summed E-state index contributed by atoms with van der Waals surface area (Å²) in [6, 6.07) is 0.507. The molecule has 182 valence electrons. The Kier molecular flexibility index (Phi) is 8.61. The van der Waals surface area contributed by atoms with Crippen molar-refractivity contribution < 1.29 is 4.79 Å². The minimum atomic E-state index is 0.0134. The molecule has 0 aromatic carbocycles. The molecule has 7 unspecified atom stereocenters. The Morgan fingerprint density at radius 2 is 2.12 bits per heavy atom. The van der Waals surface area contributed by atoms with Gasteiger partial charge in [0.25, 0.3) is 0 Å². The number of likely N-dealkylation sites (N-methyl/N-ethyl adjacent to an activating group) is 1. The predicted octanol–water partition coefficient (Wildman–Crippen LogP) is -1.15. The van der Waals surface area contributed by atoms with E-state index >= 15 is 0 Å². The number of carbonyl (C=O) groups excluding carboxylic acids is 1. The molecule has 0 aliphatic carbocycles. The molecule has 32 heavy (non-hydrogen) atoms. The molecule has 0 aromatic rings. The third-order valence-corrected chi connectivity index (χ3v) is 7.82. The Morgan fingerprint density at radius 1 is 1.25 bits per heavy atom. The molecule has 1 amide bonds. The van der Waals surface area contributed by atoms with Crippen molar-refractivity contribution in [2.45, 2.75) is 81.0 Å². The predicted molar refractivity (Wildman–Crippen MR) is 127 cm³/mol. The van der Waals surface area contributed by atoms with Crippen molar-refractivity contribution in [2.24, 2.45) is 10.9 Å². The molecular formula is C21H40ClN9O. The maximum atomic E-state index is 12.9. The minimum absolute atomic E-state index is 0.0134. The first-order chi connectivity index (χ1) is 15.5. The summed E-state index contributed by atoms with van der Waals surface area (Å²) in [7, 11) is 2.13. The maximum Gasteiger partial charge on any atom is 0.223 e. The highest BCUT2D eigenvalue weighted by molar-refractivity contribution is 6.21. The van der Waals surface area contributed by atoms with Gasteiger partial charge in [0, 0.05) is 31.1 Å². The first-order valence-corrected chi connectivity index (χ1v) is 12.6. The van der Waals surface area contributed by atoms with Gasteiger partial charge in [-0.25, -0.2) is 10.9 Å². The third-order valence-electron chi connectivity index (χ3n) is 7.33. The van der Waals surface area contributed by atoms with Crippen LogP contribution in [-0.4, -0.2) is 92.4 Å². The van der Waals surface area contributed by atoms with Gasteiger partial charge < -0.3 is 21.3 Å². The number of nitrogens with zero attached hydrogens (tertiary/aromatic N) is 2. The van der Waals surface area contributed by atoms with Gasteiger partial charge in [0.15, 0.2) is 0 Å². The van der Waals surface area contributed by atoms with Crippen molar-refractivity contribution in [1.82, 2.24) is 42.3 Å². The van der Waals surface area contributed by atoms with Crippen molar-refractivity contribution in [3.8, 4) is 0 Å². The molecule has 3 fully saturated rings. The van der Waals surface area contributed by atoms with Crippen LogP contribution >= 0.6 is 11.6 Å². The second-order valence-electron chi connectivity index (χ2n) is 9.58. The zero-order valence-electron chi connectivity index (χ0n) is 19.2. The second kappa shape index (κ2) is 11.4. The normalized spacial score (nSPS) is 39.4. The molecule has 10 nitrogen and oxygen atoms in total. The van der Waals surface area contributed by atoms with Crippen LogP contribution in [0.5, 0.6) is 0 Å². The first kappa shape index (κ1) is 24.1. The molecule has 4 rings (SSSR count). The number of rotatable bonds is 7. The smallest absolute Gasteiger partial charge is 0.223 e. The van der Waals surface area contributed by atoms with Crippen LogP contribution in [-0.2, 0) is 4.79 Å². The minimum Gasteiger partial charge on any atom is -0.371 e. The van der Waals surface area contributed by atoms with Gasteiger partial charge in [0.2, 0.25) is 5.91 Å². The number of hydrazine groups is 1. The third kappa shape index (κ3) is 5.91. The zero-order chi connectivity index (χ0) is 22.5. The fraction of sp³-hybridized carbons (Fsp3) is 0.905. The summed E-state index contributed by atoms with van der Waals surface area (Å²) in [5, 5.41) is 17.3. The van der Waals surface area contributed by atoms with Crippen molar-refractivity contribution in [2.75, 3.05) is 33.2 Å². The van der Waals surface area contributed by atoms with E-state index in [1.54, 1.807) is 0 Å². The number of carbonyl (C=O) groups is 1. The van der Waals surface area contributed by atoms with E-state index in [0.717, 1.165) is 58.3 Å². The summed E-state index contributed by atoms with van der Waals surface area (Å²) >= 11 is 6.49. The van der Waals surface area contributed by atoms with Gasteiger partial charge in [-0.3, -0.25) is 20.0 Å². The van der Waals surface area contributed by atoms with E-state index in [0.29, 0.717) is 6.04 Å². The molecule has 7 N–H and O–H groups in total. The second-order valence-corrected chi connectivity index (χ2v) is 10.1. The lowest BCUT2D eigenvalue weighted by Crippen LogP contribution is -2.58. The topological polar surface area (TPSA) is 117 Å².